The first kappa shape index (κ1) is 21.8. The Kier molecular flexibility index (Phi) is 6.65. The lowest BCUT2D eigenvalue weighted by molar-refractivity contribution is -0.115. The van der Waals surface area contributed by atoms with E-state index in [2.05, 4.69) is 25.5 Å². The molecule has 8 nitrogen and oxygen atoms in total. The summed E-state index contributed by atoms with van der Waals surface area (Å²) in [6, 6.07) is 11.5. The van der Waals surface area contributed by atoms with Gasteiger partial charge in [-0.2, -0.15) is 0 Å². The van der Waals surface area contributed by atoms with Crippen LogP contribution in [-0.4, -0.2) is 53.0 Å². The van der Waals surface area contributed by atoms with Gasteiger partial charge in [0.2, 0.25) is 5.91 Å². The minimum absolute atomic E-state index is 0.137. The van der Waals surface area contributed by atoms with Gasteiger partial charge in [-0.3, -0.25) is 10.1 Å². The van der Waals surface area contributed by atoms with E-state index in [1.807, 2.05) is 50.2 Å². The zero-order valence-corrected chi connectivity index (χ0v) is 19.0. The number of hydrogen-bond donors (Lipinski definition) is 2. The highest BCUT2D eigenvalue weighted by atomic mass is 32.1. The van der Waals surface area contributed by atoms with Crippen LogP contribution in [0.25, 0.3) is 0 Å². The van der Waals surface area contributed by atoms with Crippen LogP contribution in [0.4, 0.5) is 21.4 Å². The van der Waals surface area contributed by atoms with Gasteiger partial charge in [0.05, 0.1) is 12.1 Å². The monoisotopic (exact) mass is 450 g/mol. The normalized spacial score (nSPS) is 13.7. The number of hydrogen-bond acceptors (Lipinski definition) is 6. The van der Waals surface area contributed by atoms with Crippen molar-refractivity contribution in [3.05, 3.63) is 64.8 Å². The van der Waals surface area contributed by atoms with Crippen molar-refractivity contribution in [2.45, 2.75) is 20.3 Å². The van der Waals surface area contributed by atoms with Crippen LogP contribution in [0.15, 0.2) is 48.0 Å². The van der Waals surface area contributed by atoms with Gasteiger partial charge in [-0.15, -0.1) is 11.3 Å². The molecule has 3 heterocycles. The summed E-state index contributed by atoms with van der Waals surface area (Å²) in [6.07, 6.45) is 1.93. The van der Waals surface area contributed by atoms with Crippen molar-refractivity contribution < 1.29 is 9.59 Å². The molecule has 0 radical (unpaired) electrons. The number of carbonyl (C=O) groups is 2. The lowest BCUT2D eigenvalue weighted by Crippen LogP contribution is -2.50. The van der Waals surface area contributed by atoms with Gasteiger partial charge in [0.25, 0.3) is 0 Å². The molecule has 3 amide bonds. The first-order valence-corrected chi connectivity index (χ1v) is 11.4. The summed E-state index contributed by atoms with van der Waals surface area (Å²) in [6.45, 7) is 6.72. The molecule has 4 rings (SSSR count). The number of amides is 3. The van der Waals surface area contributed by atoms with Crippen LogP contribution in [0, 0.1) is 13.8 Å². The largest absolute Gasteiger partial charge is 0.353 e. The highest BCUT2D eigenvalue weighted by molar-refractivity contribution is 7.13. The molecule has 1 aliphatic rings. The average molecular weight is 451 g/mol. The standard InChI is InChI=1S/C23H26N6O2S/c1-16-6-7-18(13-17(16)2)25-21(30)14-19-15-32-22(26-19)27-23(31)29-11-9-28(10-12-29)20-5-3-4-8-24-20/h3-8,13,15H,9-12,14H2,1-2H3,(H,25,30)(H,26,27,31). The molecule has 2 aromatic heterocycles. The predicted octanol–water partition coefficient (Wildman–Crippen LogP) is 3.69. The average Bonchev–Trinajstić information content (AvgIpc) is 3.23. The molecule has 0 atom stereocenters. The third-order valence-electron chi connectivity index (χ3n) is 5.44. The number of anilines is 3. The fourth-order valence-electron chi connectivity index (χ4n) is 3.48. The molecule has 9 heteroatoms. The number of aromatic nitrogens is 2. The second kappa shape index (κ2) is 9.78. The second-order valence-electron chi connectivity index (χ2n) is 7.76. The van der Waals surface area contributed by atoms with Gasteiger partial charge in [-0.1, -0.05) is 12.1 Å². The van der Waals surface area contributed by atoms with Crippen molar-refractivity contribution in [1.29, 1.82) is 0 Å². The van der Waals surface area contributed by atoms with E-state index in [4.69, 9.17) is 0 Å². The van der Waals surface area contributed by atoms with Gasteiger partial charge in [0.15, 0.2) is 5.13 Å². The number of piperazine rings is 1. The van der Waals surface area contributed by atoms with Crippen molar-refractivity contribution >= 4 is 39.9 Å². The molecule has 1 aliphatic heterocycles. The Morgan fingerprint density at radius 2 is 1.84 bits per heavy atom. The molecule has 1 fully saturated rings. The summed E-state index contributed by atoms with van der Waals surface area (Å²) in [7, 11) is 0. The lowest BCUT2D eigenvalue weighted by atomic mass is 10.1. The molecule has 0 spiro atoms. The van der Waals surface area contributed by atoms with Gasteiger partial charge < -0.3 is 15.1 Å². The molecule has 0 aliphatic carbocycles. The Labute approximate surface area is 191 Å². The van der Waals surface area contributed by atoms with Crippen molar-refractivity contribution in [1.82, 2.24) is 14.9 Å². The topological polar surface area (TPSA) is 90.5 Å². The Morgan fingerprint density at radius 3 is 2.56 bits per heavy atom. The SMILES string of the molecule is Cc1ccc(NC(=O)Cc2csc(NC(=O)N3CCN(c4ccccn4)CC3)n2)cc1C. The summed E-state index contributed by atoms with van der Waals surface area (Å²) >= 11 is 1.32. The van der Waals surface area contributed by atoms with Crippen molar-refractivity contribution in [2.75, 3.05) is 41.7 Å². The number of carbonyl (C=O) groups excluding carboxylic acids is 2. The number of nitrogens with zero attached hydrogens (tertiary/aromatic N) is 4. The molecule has 166 valence electrons. The van der Waals surface area contributed by atoms with Gasteiger partial charge in [0.1, 0.15) is 5.82 Å². The minimum Gasteiger partial charge on any atom is -0.353 e. The molecule has 1 aromatic carbocycles. The molecular formula is C23H26N6O2S. The van der Waals surface area contributed by atoms with Gasteiger partial charge in [-0.05, 0) is 49.2 Å². The number of nitrogens with one attached hydrogen (secondary N) is 2. The van der Waals surface area contributed by atoms with E-state index in [-0.39, 0.29) is 18.4 Å². The first-order valence-electron chi connectivity index (χ1n) is 10.5. The van der Waals surface area contributed by atoms with Crippen molar-refractivity contribution in [3.8, 4) is 0 Å². The van der Waals surface area contributed by atoms with Crippen LogP contribution in [-0.2, 0) is 11.2 Å². The van der Waals surface area contributed by atoms with Crippen LogP contribution in [0.5, 0.6) is 0 Å². The summed E-state index contributed by atoms with van der Waals surface area (Å²) in [5, 5.41) is 8.05. The summed E-state index contributed by atoms with van der Waals surface area (Å²) < 4.78 is 0. The Balaban J connectivity index is 1.26. The number of benzene rings is 1. The van der Waals surface area contributed by atoms with Crippen molar-refractivity contribution in [3.63, 3.8) is 0 Å². The molecule has 2 N–H and O–H groups in total. The Bertz CT molecular complexity index is 1090. The maximum absolute atomic E-state index is 12.6. The molecule has 3 aromatic rings. The van der Waals surface area contributed by atoms with E-state index in [1.54, 1.807) is 16.5 Å². The highest BCUT2D eigenvalue weighted by Gasteiger charge is 2.22. The van der Waals surface area contributed by atoms with Crippen LogP contribution >= 0.6 is 11.3 Å². The number of urea groups is 1. The maximum atomic E-state index is 12.6. The van der Waals surface area contributed by atoms with Crippen LogP contribution < -0.4 is 15.5 Å². The zero-order valence-electron chi connectivity index (χ0n) is 18.2. The Morgan fingerprint density at radius 1 is 1.03 bits per heavy atom. The molecule has 0 unspecified atom stereocenters. The summed E-state index contributed by atoms with van der Waals surface area (Å²) in [4.78, 5) is 37.7. The predicted molar refractivity (Wildman–Crippen MR) is 127 cm³/mol. The summed E-state index contributed by atoms with van der Waals surface area (Å²) in [5.41, 5.74) is 3.71. The first-order chi connectivity index (χ1) is 15.5. The van der Waals surface area contributed by atoms with Gasteiger partial charge in [0, 0.05) is 43.4 Å². The smallest absolute Gasteiger partial charge is 0.323 e. The Hall–Kier alpha value is -3.46. The van der Waals surface area contributed by atoms with Gasteiger partial charge in [-0.25, -0.2) is 14.8 Å². The second-order valence-corrected chi connectivity index (χ2v) is 8.62. The lowest BCUT2D eigenvalue weighted by Gasteiger charge is -2.35. The van der Waals surface area contributed by atoms with Crippen LogP contribution in [0.3, 0.4) is 0 Å². The van der Waals surface area contributed by atoms with E-state index in [1.165, 1.54) is 16.9 Å². The number of aryl methyl sites for hydroxylation is 2. The highest BCUT2D eigenvalue weighted by Crippen LogP contribution is 2.19. The molecular weight excluding hydrogens is 424 g/mol. The van der Waals surface area contributed by atoms with Crippen LogP contribution in [0.2, 0.25) is 0 Å². The van der Waals surface area contributed by atoms with E-state index in [0.717, 1.165) is 30.2 Å². The van der Waals surface area contributed by atoms with Crippen LogP contribution in [0.1, 0.15) is 16.8 Å². The zero-order chi connectivity index (χ0) is 22.5. The number of pyridine rings is 1. The van der Waals surface area contributed by atoms with E-state index < -0.39 is 0 Å². The van der Waals surface area contributed by atoms with E-state index >= 15 is 0 Å². The maximum Gasteiger partial charge on any atom is 0.323 e. The molecule has 0 bridgehead atoms. The van der Waals surface area contributed by atoms with E-state index in [0.29, 0.717) is 23.9 Å². The van der Waals surface area contributed by atoms with E-state index in [9.17, 15) is 9.59 Å². The summed E-state index contributed by atoms with van der Waals surface area (Å²) in [5.74, 6) is 0.790. The molecule has 0 saturated carbocycles. The quantitative estimate of drug-likeness (QED) is 0.619. The third kappa shape index (κ3) is 5.42. The number of rotatable bonds is 5. The molecule has 32 heavy (non-hydrogen) atoms. The van der Waals surface area contributed by atoms with Gasteiger partial charge >= 0.3 is 6.03 Å². The van der Waals surface area contributed by atoms with Crippen molar-refractivity contribution in [2.24, 2.45) is 0 Å². The third-order valence-corrected chi connectivity index (χ3v) is 6.24. The minimum atomic E-state index is -0.175. The number of thiazole rings is 1. The fraction of sp³-hybridized carbons (Fsp3) is 0.304. The fourth-order valence-corrected chi connectivity index (χ4v) is 4.18. The molecule has 1 saturated heterocycles.